The average molecular weight is 434 g/mol. The lowest BCUT2D eigenvalue weighted by Crippen LogP contribution is -2.60. The fourth-order valence-corrected chi connectivity index (χ4v) is 3.81. The van der Waals surface area contributed by atoms with Gasteiger partial charge >= 0.3 is 12.1 Å². The van der Waals surface area contributed by atoms with E-state index in [1.807, 2.05) is 13.1 Å². The van der Waals surface area contributed by atoms with E-state index in [-0.39, 0.29) is 11.6 Å². The fourth-order valence-electron chi connectivity index (χ4n) is 2.58. The van der Waals surface area contributed by atoms with E-state index in [1.165, 1.54) is 7.11 Å². The third-order valence-corrected chi connectivity index (χ3v) is 9.56. The van der Waals surface area contributed by atoms with E-state index in [4.69, 9.17) is 23.4 Å². The molecule has 1 fully saturated rings. The predicted molar refractivity (Wildman–Crippen MR) is 112 cm³/mol. The first-order chi connectivity index (χ1) is 12.9. The van der Waals surface area contributed by atoms with Crippen LogP contribution < -0.4 is 5.32 Å². The van der Waals surface area contributed by atoms with E-state index in [0.29, 0.717) is 0 Å². The second-order valence-electron chi connectivity index (χ2n) is 10.4. The summed E-state index contributed by atoms with van der Waals surface area (Å²) in [5, 5.41) is 2.62. The number of amides is 1. The van der Waals surface area contributed by atoms with Crippen molar-refractivity contribution in [2.24, 2.45) is 0 Å². The summed E-state index contributed by atoms with van der Waals surface area (Å²) in [6, 6.07) is -0.840. The Balaban J connectivity index is 3.25. The summed E-state index contributed by atoms with van der Waals surface area (Å²) in [6.07, 6.45) is -2.33. The van der Waals surface area contributed by atoms with Crippen LogP contribution in [0.4, 0.5) is 4.79 Å². The van der Waals surface area contributed by atoms with Crippen LogP contribution in [0.1, 0.15) is 55.4 Å². The van der Waals surface area contributed by atoms with E-state index in [9.17, 15) is 9.59 Å². The van der Waals surface area contributed by atoms with Gasteiger partial charge in [-0.2, -0.15) is 0 Å². The minimum absolute atomic E-state index is 0.151. The normalized spacial score (nSPS) is 22.0. The van der Waals surface area contributed by atoms with Gasteiger partial charge in [-0.3, -0.25) is 0 Å². The third kappa shape index (κ3) is 7.55. The summed E-state index contributed by atoms with van der Waals surface area (Å²) < 4.78 is 28.4. The molecule has 0 aromatic rings. The Hall–Kier alpha value is -1.16. The molecular formula is C20H39NO7Si. The van der Waals surface area contributed by atoms with Crippen molar-refractivity contribution in [3.05, 3.63) is 0 Å². The molecule has 3 atom stereocenters. The molecule has 0 saturated carbocycles. The monoisotopic (exact) mass is 433 g/mol. The summed E-state index contributed by atoms with van der Waals surface area (Å²) >= 11 is 0. The molecule has 1 heterocycles. The summed E-state index contributed by atoms with van der Waals surface area (Å²) in [4.78, 5) is 25.3. The molecule has 29 heavy (non-hydrogen) atoms. The number of ether oxygens (including phenoxy) is 4. The van der Waals surface area contributed by atoms with Gasteiger partial charge in [0.15, 0.2) is 20.2 Å². The molecule has 9 heteroatoms. The number of hydrogen-bond donors (Lipinski definition) is 1. The van der Waals surface area contributed by atoms with E-state index in [1.54, 1.807) is 34.6 Å². The van der Waals surface area contributed by atoms with Crippen molar-refractivity contribution in [3.8, 4) is 0 Å². The number of methoxy groups -OCH3 is 1. The van der Waals surface area contributed by atoms with Crippen molar-refractivity contribution in [2.45, 2.75) is 103 Å². The van der Waals surface area contributed by atoms with Crippen LogP contribution in [-0.2, 0) is 28.2 Å². The Morgan fingerprint density at radius 2 is 1.69 bits per heavy atom. The van der Waals surface area contributed by atoms with Crippen LogP contribution in [0.5, 0.6) is 0 Å². The lowest BCUT2D eigenvalue weighted by atomic mass is 10.1. The van der Waals surface area contributed by atoms with Gasteiger partial charge in [0.1, 0.15) is 11.7 Å². The Kier molecular flexibility index (Phi) is 7.95. The molecule has 1 N–H and O–H groups in total. The Bertz CT molecular complexity index is 593. The van der Waals surface area contributed by atoms with Crippen molar-refractivity contribution in [3.63, 3.8) is 0 Å². The zero-order valence-corrected chi connectivity index (χ0v) is 20.8. The summed E-state index contributed by atoms with van der Waals surface area (Å²) in [7, 11) is -1.09. The molecule has 0 aromatic carbocycles. The van der Waals surface area contributed by atoms with Crippen LogP contribution in [0.2, 0.25) is 18.1 Å². The van der Waals surface area contributed by atoms with Gasteiger partial charge in [-0.05, 0) is 52.8 Å². The smallest absolute Gasteiger partial charge is 0.408 e. The highest BCUT2D eigenvalue weighted by molar-refractivity contribution is 6.74. The van der Waals surface area contributed by atoms with E-state index < -0.39 is 50.0 Å². The standard InChI is InChI=1S/C20H39NO7Si/c1-18(2,3)27-17(23)21-14(13-12-25-20(7,8)26-13)15(16(22)24-9)28-29(10,11)19(4,5)6/h13-15H,12H2,1-11H3,(H,21,23)/t13-,14+,15+/m1/s1. The van der Waals surface area contributed by atoms with Crippen LogP contribution in [-0.4, -0.2) is 63.7 Å². The first kappa shape index (κ1) is 25.9. The van der Waals surface area contributed by atoms with Crippen LogP contribution in [0.15, 0.2) is 0 Å². The van der Waals surface area contributed by atoms with Crippen LogP contribution in [0.25, 0.3) is 0 Å². The zero-order chi connectivity index (χ0) is 22.8. The first-order valence-corrected chi connectivity index (χ1v) is 12.9. The van der Waals surface area contributed by atoms with Crippen LogP contribution in [0.3, 0.4) is 0 Å². The van der Waals surface area contributed by atoms with Crippen molar-refractivity contribution in [1.82, 2.24) is 5.32 Å². The van der Waals surface area contributed by atoms with Crippen LogP contribution in [0, 0.1) is 0 Å². The number of hydrogen-bond acceptors (Lipinski definition) is 7. The lowest BCUT2D eigenvalue weighted by Gasteiger charge is -2.41. The Labute approximate surface area is 176 Å². The molecule has 0 aromatic heterocycles. The second-order valence-corrected chi connectivity index (χ2v) is 15.1. The SMILES string of the molecule is COC(=O)[C@@H](O[Si](C)(C)C(C)(C)C)[C@@H](NC(=O)OC(C)(C)C)[C@H]1COC(C)(C)O1. The van der Waals surface area contributed by atoms with Crippen molar-refractivity contribution in [2.75, 3.05) is 13.7 Å². The van der Waals surface area contributed by atoms with Gasteiger partial charge in [0.2, 0.25) is 0 Å². The van der Waals surface area contributed by atoms with Gasteiger partial charge in [0.25, 0.3) is 0 Å². The maximum Gasteiger partial charge on any atom is 0.408 e. The summed E-state index contributed by atoms with van der Waals surface area (Å²) in [5.41, 5.74) is -0.692. The maximum atomic E-state index is 12.7. The molecule has 0 radical (unpaired) electrons. The van der Waals surface area contributed by atoms with E-state index >= 15 is 0 Å². The average Bonchev–Trinajstić information content (AvgIpc) is 2.87. The van der Waals surface area contributed by atoms with Gasteiger partial charge in [-0.25, -0.2) is 9.59 Å². The second kappa shape index (κ2) is 8.91. The third-order valence-electron chi connectivity index (χ3n) is 5.10. The lowest BCUT2D eigenvalue weighted by molar-refractivity contribution is -0.160. The van der Waals surface area contributed by atoms with Gasteiger partial charge in [0, 0.05) is 0 Å². The quantitative estimate of drug-likeness (QED) is 0.505. The molecule has 1 aliphatic rings. The largest absolute Gasteiger partial charge is 0.467 e. The highest BCUT2D eigenvalue weighted by Gasteiger charge is 2.49. The molecule has 0 aliphatic carbocycles. The molecule has 170 valence electrons. The molecule has 1 amide bonds. The Morgan fingerprint density at radius 1 is 1.14 bits per heavy atom. The van der Waals surface area contributed by atoms with Gasteiger partial charge in [0.05, 0.1) is 19.8 Å². The minimum atomic E-state index is -2.38. The van der Waals surface area contributed by atoms with Crippen molar-refractivity contribution >= 4 is 20.4 Å². The fraction of sp³-hybridized carbons (Fsp3) is 0.900. The number of alkyl carbamates (subject to hydrolysis) is 1. The number of rotatable bonds is 6. The predicted octanol–water partition coefficient (Wildman–Crippen LogP) is 3.59. The molecule has 1 aliphatic heterocycles. The highest BCUT2D eigenvalue weighted by atomic mass is 28.4. The summed E-state index contributed by atoms with van der Waals surface area (Å²) in [5.74, 6) is -1.42. The highest BCUT2D eigenvalue weighted by Crippen LogP contribution is 2.38. The number of esters is 1. The van der Waals surface area contributed by atoms with Crippen molar-refractivity contribution in [1.29, 1.82) is 0 Å². The minimum Gasteiger partial charge on any atom is -0.467 e. The molecule has 8 nitrogen and oxygen atoms in total. The van der Waals surface area contributed by atoms with Gasteiger partial charge in [-0.1, -0.05) is 20.8 Å². The Morgan fingerprint density at radius 3 is 2.07 bits per heavy atom. The zero-order valence-electron chi connectivity index (χ0n) is 19.8. The molecule has 1 saturated heterocycles. The molecular weight excluding hydrogens is 394 g/mol. The molecule has 0 bridgehead atoms. The van der Waals surface area contributed by atoms with Crippen molar-refractivity contribution < 1.29 is 33.0 Å². The number of nitrogens with one attached hydrogen (secondary N) is 1. The summed E-state index contributed by atoms with van der Waals surface area (Å²) in [6.45, 7) is 19.3. The number of carbonyl (C=O) groups excluding carboxylic acids is 2. The van der Waals surface area contributed by atoms with E-state index in [2.05, 4.69) is 26.1 Å². The van der Waals surface area contributed by atoms with Crippen LogP contribution >= 0.6 is 0 Å². The maximum absolute atomic E-state index is 12.7. The molecule has 0 unspecified atom stereocenters. The molecule has 0 spiro atoms. The first-order valence-electron chi connectivity index (χ1n) is 9.95. The van der Waals surface area contributed by atoms with Gasteiger partial charge in [-0.15, -0.1) is 0 Å². The molecule has 1 rings (SSSR count). The number of carbonyl (C=O) groups is 2. The van der Waals surface area contributed by atoms with Gasteiger partial charge < -0.3 is 28.7 Å². The topological polar surface area (TPSA) is 92.3 Å². The van der Waals surface area contributed by atoms with E-state index in [0.717, 1.165) is 0 Å².